The maximum atomic E-state index is 12.8. The van der Waals surface area contributed by atoms with Gasteiger partial charge in [-0.05, 0) is 82.1 Å². The summed E-state index contributed by atoms with van der Waals surface area (Å²) in [5, 5.41) is 10.6. The van der Waals surface area contributed by atoms with Gasteiger partial charge in [-0.2, -0.15) is 5.10 Å². The first-order chi connectivity index (χ1) is 14.4. The summed E-state index contributed by atoms with van der Waals surface area (Å²) >= 11 is 0. The van der Waals surface area contributed by atoms with E-state index in [1.54, 1.807) is 19.1 Å². The number of nitrogens with one attached hydrogen (secondary N) is 2. The summed E-state index contributed by atoms with van der Waals surface area (Å²) in [5.41, 5.74) is 3.57. The number of carbonyl (C=O) groups excluding carboxylic acids is 1. The summed E-state index contributed by atoms with van der Waals surface area (Å²) in [6.07, 6.45) is 2.02. The number of aromatic nitrogens is 2. The summed E-state index contributed by atoms with van der Waals surface area (Å²) in [6, 6.07) is 11.2. The molecular formula is C23H28Cl2N4O3. The van der Waals surface area contributed by atoms with Crippen LogP contribution in [0.1, 0.15) is 51.8 Å². The van der Waals surface area contributed by atoms with E-state index in [1.807, 2.05) is 42.8 Å². The van der Waals surface area contributed by atoms with Gasteiger partial charge in [-0.3, -0.25) is 4.79 Å². The van der Waals surface area contributed by atoms with E-state index in [1.165, 1.54) is 0 Å². The second-order valence-electron chi connectivity index (χ2n) is 7.88. The van der Waals surface area contributed by atoms with Crippen molar-refractivity contribution in [2.45, 2.75) is 39.5 Å². The first kappa shape index (κ1) is 25.6. The first-order valence-corrected chi connectivity index (χ1v) is 10.2. The summed E-state index contributed by atoms with van der Waals surface area (Å²) in [5.74, 6) is 0.355. The molecule has 0 radical (unpaired) electrons. The molecule has 3 aromatic rings. The summed E-state index contributed by atoms with van der Waals surface area (Å²) < 4.78 is 7.36. The van der Waals surface area contributed by atoms with Crippen LogP contribution in [-0.2, 0) is 0 Å². The fourth-order valence-corrected chi connectivity index (χ4v) is 3.97. The average molecular weight is 479 g/mol. The van der Waals surface area contributed by atoms with Crippen molar-refractivity contribution in [2.75, 3.05) is 18.4 Å². The first-order valence-electron chi connectivity index (χ1n) is 10.2. The second kappa shape index (κ2) is 10.8. The second-order valence-corrected chi connectivity index (χ2v) is 7.88. The van der Waals surface area contributed by atoms with Crippen LogP contribution in [0.15, 0.2) is 45.6 Å². The predicted molar refractivity (Wildman–Crippen MR) is 130 cm³/mol. The quantitative estimate of drug-likeness (QED) is 0.582. The van der Waals surface area contributed by atoms with Crippen molar-refractivity contribution < 1.29 is 9.21 Å². The van der Waals surface area contributed by atoms with E-state index in [0.29, 0.717) is 17.0 Å². The molecule has 1 saturated heterocycles. The zero-order chi connectivity index (χ0) is 21.3. The summed E-state index contributed by atoms with van der Waals surface area (Å²) in [6.45, 7) is 7.48. The molecule has 1 aromatic carbocycles. The van der Waals surface area contributed by atoms with Gasteiger partial charge in [0.1, 0.15) is 11.3 Å². The molecule has 1 fully saturated rings. The number of benzene rings is 1. The summed E-state index contributed by atoms with van der Waals surface area (Å²) in [4.78, 5) is 25.3. The largest absolute Gasteiger partial charge is 0.427 e. The average Bonchev–Trinajstić information content (AvgIpc) is 3.06. The lowest BCUT2D eigenvalue weighted by atomic mass is 9.95. The summed E-state index contributed by atoms with van der Waals surface area (Å²) in [7, 11) is 0. The van der Waals surface area contributed by atoms with Crippen LogP contribution >= 0.6 is 24.8 Å². The molecule has 0 bridgehead atoms. The maximum absolute atomic E-state index is 12.8. The van der Waals surface area contributed by atoms with Crippen LogP contribution in [-0.4, -0.2) is 28.8 Å². The molecule has 3 heterocycles. The highest BCUT2D eigenvalue weighted by Crippen LogP contribution is 2.24. The van der Waals surface area contributed by atoms with Gasteiger partial charge in [0.15, 0.2) is 0 Å². The molecule has 7 nitrogen and oxygen atoms in total. The smallest absolute Gasteiger partial charge is 0.349 e. The third-order valence-corrected chi connectivity index (χ3v) is 5.47. The number of halogens is 2. The Balaban J connectivity index is 0.00000181. The zero-order valence-electron chi connectivity index (χ0n) is 18.3. The number of nitrogens with zero attached hydrogens (tertiary/aromatic N) is 2. The van der Waals surface area contributed by atoms with Gasteiger partial charge in [-0.25, -0.2) is 9.48 Å². The number of rotatable bonds is 4. The van der Waals surface area contributed by atoms with Crippen molar-refractivity contribution in [2.24, 2.45) is 0 Å². The number of hydrogen-bond donors (Lipinski definition) is 2. The predicted octanol–water partition coefficient (Wildman–Crippen LogP) is 4.31. The minimum absolute atomic E-state index is 0. The van der Waals surface area contributed by atoms with E-state index < -0.39 is 11.5 Å². The lowest BCUT2D eigenvalue weighted by Gasteiger charge is -2.22. The van der Waals surface area contributed by atoms with Crippen LogP contribution in [0.4, 0.5) is 5.69 Å². The highest BCUT2D eigenvalue weighted by molar-refractivity contribution is 6.04. The number of piperidine rings is 1. The molecule has 1 amide bonds. The van der Waals surface area contributed by atoms with Crippen LogP contribution in [0.5, 0.6) is 0 Å². The van der Waals surface area contributed by atoms with Crippen LogP contribution < -0.4 is 16.3 Å². The Bertz CT molecular complexity index is 1130. The molecule has 1 aliphatic heterocycles. The van der Waals surface area contributed by atoms with Crippen molar-refractivity contribution in [3.8, 4) is 5.69 Å². The minimum Gasteiger partial charge on any atom is -0.427 e. The van der Waals surface area contributed by atoms with Crippen molar-refractivity contribution >= 4 is 36.4 Å². The third-order valence-electron chi connectivity index (χ3n) is 5.47. The molecule has 172 valence electrons. The maximum Gasteiger partial charge on any atom is 0.349 e. The standard InChI is InChI=1S/C23H26N4O3.2ClH/c1-14-11-20(17-5-4-10-24-13-17)30-23(29)21(14)22(28)25-18-6-8-19(9-7-18)27-16(3)12-15(2)26-27;;/h6-9,11-12,17,24H,4-5,10,13H2,1-3H3,(H,25,28);2*1H. The van der Waals surface area contributed by atoms with E-state index in [0.717, 1.165) is 43.0 Å². The third kappa shape index (κ3) is 5.41. The Morgan fingerprint density at radius 3 is 2.44 bits per heavy atom. The minimum atomic E-state index is -0.590. The van der Waals surface area contributed by atoms with Crippen molar-refractivity contribution in [3.05, 3.63) is 75.1 Å². The molecule has 32 heavy (non-hydrogen) atoms. The van der Waals surface area contributed by atoms with E-state index in [-0.39, 0.29) is 36.3 Å². The molecule has 1 aliphatic rings. The van der Waals surface area contributed by atoms with Gasteiger partial charge in [0.05, 0.1) is 11.4 Å². The zero-order valence-corrected chi connectivity index (χ0v) is 19.9. The molecule has 9 heteroatoms. The molecule has 0 aliphatic carbocycles. The van der Waals surface area contributed by atoms with Gasteiger partial charge >= 0.3 is 5.63 Å². The Kier molecular flexibility index (Phi) is 8.66. The topological polar surface area (TPSA) is 89.2 Å². The van der Waals surface area contributed by atoms with Crippen molar-refractivity contribution in [1.82, 2.24) is 15.1 Å². The number of anilines is 1. The monoisotopic (exact) mass is 478 g/mol. The van der Waals surface area contributed by atoms with Gasteiger partial charge in [0.25, 0.3) is 5.91 Å². The highest BCUT2D eigenvalue weighted by atomic mass is 35.5. The molecule has 2 N–H and O–H groups in total. The van der Waals surface area contributed by atoms with E-state index in [2.05, 4.69) is 15.7 Å². The van der Waals surface area contributed by atoms with Crippen molar-refractivity contribution in [3.63, 3.8) is 0 Å². The lowest BCUT2D eigenvalue weighted by molar-refractivity contribution is 0.102. The molecule has 0 saturated carbocycles. The Morgan fingerprint density at radius 1 is 1.16 bits per heavy atom. The SMILES string of the molecule is Cc1cc(C)n(-c2ccc(NC(=O)c3c(C)cc(C4CCCNC4)oc3=O)cc2)n1.Cl.Cl. The van der Waals surface area contributed by atoms with Crippen LogP contribution in [0, 0.1) is 20.8 Å². The van der Waals surface area contributed by atoms with Crippen LogP contribution in [0.3, 0.4) is 0 Å². The molecule has 4 rings (SSSR count). The Morgan fingerprint density at radius 2 is 1.88 bits per heavy atom. The fourth-order valence-electron chi connectivity index (χ4n) is 3.97. The van der Waals surface area contributed by atoms with Gasteiger partial charge in [0, 0.05) is 23.8 Å². The lowest BCUT2D eigenvalue weighted by Crippen LogP contribution is -2.30. The number of aryl methyl sites for hydroxylation is 3. The Hall–Kier alpha value is -2.61. The van der Waals surface area contributed by atoms with Gasteiger partial charge in [0.2, 0.25) is 0 Å². The number of amides is 1. The fraction of sp³-hybridized carbons (Fsp3) is 0.348. The van der Waals surface area contributed by atoms with E-state index in [9.17, 15) is 9.59 Å². The van der Waals surface area contributed by atoms with Gasteiger partial charge < -0.3 is 15.1 Å². The molecule has 0 spiro atoms. The van der Waals surface area contributed by atoms with Crippen LogP contribution in [0.25, 0.3) is 5.69 Å². The normalized spacial score (nSPS) is 15.4. The number of carbonyl (C=O) groups is 1. The molecule has 1 atom stereocenters. The molecular weight excluding hydrogens is 451 g/mol. The van der Waals surface area contributed by atoms with Crippen molar-refractivity contribution in [1.29, 1.82) is 0 Å². The Labute approximate surface area is 199 Å². The van der Waals surface area contributed by atoms with E-state index in [4.69, 9.17) is 4.42 Å². The highest BCUT2D eigenvalue weighted by Gasteiger charge is 2.22. The van der Waals surface area contributed by atoms with E-state index >= 15 is 0 Å². The number of hydrogen-bond acceptors (Lipinski definition) is 5. The van der Waals surface area contributed by atoms with Gasteiger partial charge in [-0.1, -0.05) is 0 Å². The van der Waals surface area contributed by atoms with Crippen LogP contribution in [0.2, 0.25) is 0 Å². The molecule has 1 unspecified atom stereocenters. The molecule has 2 aromatic heterocycles. The van der Waals surface area contributed by atoms with Gasteiger partial charge in [-0.15, -0.1) is 24.8 Å².